The molecule has 2 aromatic carbocycles. The minimum Gasteiger partial charge on any atom is -0.496 e. The zero-order valence-corrected chi connectivity index (χ0v) is 17.7. The van der Waals surface area contributed by atoms with Crippen LogP contribution in [0.5, 0.6) is 5.75 Å². The summed E-state index contributed by atoms with van der Waals surface area (Å²) in [5.74, 6) is 0.703. The lowest BCUT2D eigenvalue weighted by Crippen LogP contribution is -2.33. The number of methoxy groups -OCH3 is 1. The summed E-state index contributed by atoms with van der Waals surface area (Å²) in [5, 5.41) is 0. The zero-order chi connectivity index (χ0) is 20.7. The Morgan fingerprint density at radius 2 is 1.71 bits per heavy atom. The van der Waals surface area contributed by atoms with E-state index < -0.39 is 10.0 Å². The maximum atomic E-state index is 12.5. The molecule has 0 saturated carbocycles. The maximum absolute atomic E-state index is 12.5. The highest BCUT2D eigenvalue weighted by molar-refractivity contribution is 7.92. The maximum Gasteiger partial charge on any atom is 0.232 e. The Kier molecular flexibility index (Phi) is 7.45. The van der Waals surface area contributed by atoms with Gasteiger partial charge in [-0.3, -0.25) is 9.10 Å². The predicted octanol–water partition coefficient (Wildman–Crippen LogP) is 3.21. The first-order valence-electron chi connectivity index (χ1n) is 9.13. The summed E-state index contributed by atoms with van der Waals surface area (Å²) < 4.78 is 31.1. The highest BCUT2D eigenvalue weighted by atomic mass is 32.2. The molecule has 2 aromatic rings. The average Bonchev–Trinajstić information content (AvgIpc) is 2.65. The number of sulfonamides is 1. The molecule has 6 nitrogen and oxygen atoms in total. The lowest BCUT2D eigenvalue weighted by molar-refractivity contribution is -0.130. The van der Waals surface area contributed by atoms with Crippen LogP contribution in [0.3, 0.4) is 0 Å². The van der Waals surface area contributed by atoms with Crippen molar-refractivity contribution in [3.05, 3.63) is 59.7 Å². The molecule has 2 rings (SSSR count). The third kappa shape index (κ3) is 5.73. The van der Waals surface area contributed by atoms with Crippen LogP contribution in [0.15, 0.2) is 48.5 Å². The summed E-state index contributed by atoms with van der Waals surface area (Å²) in [7, 11) is -0.0806. The van der Waals surface area contributed by atoms with Gasteiger partial charge in [-0.05, 0) is 31.0 Å². The van der Waals surface area contributed by atoms with Gasteiger partial charge in [-0.1, -0.05) is 36.4 Å². The SMILES string of the molecule is COc1ccccc1CN(C)C(=O)CCCN(c1ccccc1C)S(C)(=O)=O. The smallest absolute Gasteiger partial charge is 0.232 e. The van der Waals surface area contributed by atoms with E-state index in [9.17, 15) is 13.2 Å². The second-order valence-corrected chi connectivity index (χ2v) is 8.69. The van der Waals surface area contributed by atoms with E-state index in [1.54, 1.807) is 25.1 Å². The summed E-state index contributed by atoms with van der Waals surface area (Å²) in [6, 6.07) is 14.9. The molecule has 0 heterocycles. The molecule has 0 aliphatic carbocycles. The van der Waals surface area contributed by atoms with Gasteiger partial charge >= 0.3 is 0 Å². The number of rotatable bonds is 9. The largest absolute Gasteiger partial charge is 0.496 e. The Hall–Kier alpha value is -2.54. The van der Waals surface area contributed by atoms with Crippen LogP contribution in [0.4, 0.5) is 5.69 Å². The molecule has 0 saturated heterocycles. The molecule has 7 heteroatoms. The van der Waals surface area contributed by atoms with Gasteiger partial charge in [0.2, 0.25) is 15.9 Å². The minimum atomic E-state index is -3.42. The third-order valence-corrected chi connectivity index (χ3v) is 5.74. The van der Waals surface area contributed by atoms with Crippen LogP contribution >= 0.6 is 0 Å². The van der Waals surface area contributed by atoms with E-state index in [4.69, 9.17) is 4.74 Å². The van der Waals surface area contributed by atoms with Crippen molar-refractivity contribution in [3.8, 4) is 5.75 Å². The first kappa shape index (κ1) is 21.8. The van der Waals surface area contributed by atoms with Crippen LogP contribution in [0.2, 0.25) is 0 Å². The van der Waals surface area contributed by atoms with Crippen LogP contribution in [0.25, 0.3) is 0 Å². The van der Waals surface area contributed by atoms with Gasteiger partial charge in [-0.25, -0.2) is 8.42 Å². The number of carbonyl (C=O) groups is 1. The lowest BCUT2D eigenvalue weighted by Gasteiger charge is -2.24. The second kappa shape index (κ2) is 9.59. The van der Waals surface area contributed by atoms with E-state index in [0.717, 1.165) is 16.9 Å². The van der Waals surface area contributed by atoms with Gasteiger partial charge in [0.05, 0.1) is 19.1 Å². The van der Waals surface area contributed by atoms with Crippen molar-refractivity contribution in [3.63, 3.8) is 0 Å². The number of ether oxygens (including phenoxy) is 1. The Morgan fingerprint density at radius 3 is 2.36 bits per heavy atom. The van der Waals surface area contributed by atoms with Gasteiger partial charge < -0.3 is 9.64 Å². The highest BCUT2D eigenvalue weighted by Gasteiger charge is 2.20. The third-order valence-electron chi connectivity index (χ3n) is 4.56. The zero-order valence-electron chi connectivity index (χ0n) is 16.9. The fraction of sp³-hybridized carbons (Fsp3) is 0.381. The molecule has 0 atom stereocenters. The van der Waals surface area contributed by atoms with Gasteiger partial charge in [-0.2, -0.15) is 0 Å². The molecule has 0 aliphatic rings. The highest BCUT2D eigenvalue weighted by Crippen LogP contribution is 2.23. The summed E-state index contributed by atoms with van der Waals surface area (Å²) in [5.41, 5.74) is 2.46. The molecular weight excluding hydrogens is 376 g/mol. The van der Waals surface area contributed by atoms with E-state index >= 15 is 0 Å². The van der Waals surface area contributed by atoms with Crippen molar-refractivity contribution in [2.24, 2.45) is 0 Å². The van der Waals surface area contributed by atoms with Crippen molar-refractivity contribution < 1.29 is 17.9 Å². The van der Waals surface area contributed by atoms with Crippen molar-refractivity contribution in [2.75, 3.05) is 31.3 Å². The number of carbonyl (C=O) groups excluding carboxylic acids is 1. The molecule has 0 fully saturated rings. The van der Waals surface area contributed by atoms with Crippen molar-refractivity contribution in [1.82, 2.24) is 4.90 Å². The molecule has 0 aromatic heterocycles. The number of nitrogens with zero attached hydrogens (tertiary/aromatic N) is 2. The van der Waals surface area contributed by atoms with Gasteiger partial charge in [0.1, 0.15) is 5.75 Å². The Labute approximate surface area is 167 Å². The summed E-state index contributed by atoms with van der Waals surface area (Å²) in [6.07, 6.45) is 1.90. The quantitative estimate of drug-likeness (QED) is 0.644. The first-order chi connectivity index (χ1) is 13.2. The molecule has 152 valence electrons. The molecule has 0 unspecified atom stereocenters. The molecule has 0 N–H and O–H groups in total. The Morgan fingerprint density at radius 1 is 1.07 bits per heavy atom. The van der Waals surface area contributed by atoms with Crippen LogP contribution in [0.1, 0.15) is 24.0 Å². The van der Waals surface area contributed by atoms with E-state index in [0.29, 0.717) is 18.7 Å². The van der Waals surface area contributed by atoms with E-state index in [-0.39, 0.29) is 18.9 Å². The molecule has 28 heavy (non-hydrogen) atoms. The summed E-state index contributed by atoms with van der Waals surface area (Å²) >= 11 is 0. The van der Waals surface area contributed by atoms with E-state index in [2.05, 4.69) is 0 Å². The number of amides is 1. The summed E-state index contributed by atoms with van der Waals surface area (Å²) in [4.78, 5) is 14.1. The summed E-state index contributed by atoms with van der Waals surface area (Å²) in [6.45, 7) is 2.58. The predicted molar refractivity (Wildman–Crippen MR) is 112 cm³/mol. The lowest BCUT2D eigenvalue weighted by atomic mass is 10.1. The van der Waals surface area contributed by atoms with Crippen LogP contribution in [-0.2, 0) is 21.4 Å². The normalized spacial score (nSPS) is 11.1. The van der Waals surface area contributed by atoms with Gasteiger partial charge in [0, 0.05) is 32.1 Å². The number of aryl methyl sites for hydroxylation is 1. The molecule has 1 amide bonds. The van der Waals surface area contributed by atoms with Gasteiger partial charge in [-0.15, -0.1) is 0 Å². The van der Waals surface area contributed by atoms with Crippen molar-refractivity contribution in [2.45, 2.75) is 26.3 Å². The number of anilines is 1. The number of benzene rings is 2. The van der Waals surface area contributed by atoms with Gasteiger partial charge in [0.25, 0.3) is 0 Å². The second-order valence-electron chi connectivity index (χ2n) is 6.79. The topological polar surface area (TPSA) is 66.9 Å². The fourth-order valence-electron chi connectivity index (χ4n) is 3.05. The molecule has 0 aliphatic heterocycles. The number of para-hydroxylation sites is 2. The molecular formula is C21H28N2O4S. The van der Waals surface area contributed by atoms with Crippen molar-refractivity contribution >= 4 is 21.6 Å². The molecule has 0 radical (unpaired) electrons. The Balaban J connectivity index is 1.98. The van der Waals surface area contributed by atoms with Crippen LogP contribution < -0.4 is 9.04 Å². The van der Waals surface area contributed by atoms with Crippen LogP contribution in [-0.4, -0.2) is 46.2 Å². The van der Waals surface area contributed by atoms with Gasteiger partial charge in [0.15, 0.2) is 0 Å². The average molecular weight is 405 g/mol. The van der Waals surface area contributed by atoms with Crippen LogP contribution in [0, 0.1) is 6.92 Å². The Bertz CT molecular complexity index is 912. The first-order valence-corrected chi connectivity index (χ1v) is 11.0. The van der Waals surface area contributed by atoms with E-state index in [1.165, 1.54) is 10.6 Å². The monoisotopic (exact) mass is 404 g/mol. The standard InChI is InChI=1S/C21H28N2O4S/c1-17-10-5-7-12-19(17)23(28(4,25)26)15-9-14-21(24)22(2)16-18-11-6-8-13-20(18)27-3/h5-8,10-13H,9,14-16H2,1-4H3. The number of hydrogen-bond acceptors (Lipinski definition) is 4. The molecule has 0 bridgehead atoms. The fourth-order valence-corrected chi connectivity index (χ4v) is 4.07. The molecule has 0 spiro atoms. The van der Waals surface area contributed by atoms with E-state index in [1.807, 2.05) is 49.4 Å². The minimum absolute atomic E-state index is 0.0378. The van der Waals surface area contributed by atoms with Crippen molar-refractivity contribution in [1.29, 1.82) is 0 Å². The number of hydrogen-bond donors (Lipinski definition) is 0.